The Morgan fingerprint density at radius 1 is 1.22 bits per heavy atom. The Morgan fingerprint density at radius 3 is 2.04 bits per heavy atom. The molecule has 1 aromatic carbocycles. The van der Waals surface area contributed by atoms with E-state index < -0.39 is 5.60 Å². The van der Waals surface area contributed by atoms with Gasteiger partial charge in [-0.1, -0.05) is 45.4 Å². The first-order valence-corrected chi connectivity index (χ1v) is 9.47. The Morgan fingerprint density at radius 2 is 1.74 bits per heavy atom. The summed E-state index contributed by atoms with van der Waals surface area (Å²) in [6.07, 6.45) is 2.05. The van der Waals surface area contributed by atoms with Crippen LogP contribution in [0.25, 0.3) is 0 Å². The number of carbonyl (C=O) groups excluding carboxylic acids is 1. The Balaban J connectivity index is 0. The summed E-state index contributed by atoms with van der Waals surface area (Å²) in [6.45, 7) is 19.3. The quantitative estimate of drug-likeness (QED) is 0.450. The van der Waals surface area contributed by atoms with Crippen molar-refractivity contribution in [2.45, 2.75) is 80.3 Å². The number of rotatable bonds is 5. The van der Waals surface area contributed by atoms with Crippen molar-refractivity contribution < 1.29 is 61.3 Å². The first kappa shape index (κ1) is 29.6. The SMILES string of the molecule is CCC(=O)CC(C)(C)C.[CH2-]CC(C)=Nc1c(C)cc(C(C)(C)O)cc1Cl.[K+]. The van der Waals surface area contributed by atoms with Crippen molar-refractivity contribution in [1.29, 1.82) is 0 Å². The van der Waals surface area contributed by atoms with Crippen LogP contribution in [0.3, 0.4) is 0 Å². The molecule has 0 spiro atoms. The second-order valence-corrected chi connectivity index (χ2v) is 8.82. The molecule has 0 saturated heterocycles. The molecule has 0 aromatic heterocycles. The average Bonchev–Trinajstić information content (AvgIpc) is 2.48. The third-order valence-electron chi connectivity index (χ3n) is 3.75. The zero-order chi connectivity index (χ0) is 20.7. The molecule has 27 heavy (non-hydrogen) atoms. The molecule has 5 heteroatoms. The monoisotopic (exact) mass is 419 g/mol. The fourth-order valence-corrected chi connectivity index (χ4v) is 2.50. The molecule has 1 N–H and O–H groups in total. The molecule has 0 unspecified atom stereocenters. The molecular weight excluding hydrogens is 385 g/mol. The second kappa shape index (κ2) is 12.9. The minimum Gasteiger partial charge on any atom is -0.386 e. The number of aryl methyl sites for hydroxylation is 1. The molecule has 0 aliphatic heterocycles. The van der Waals surface area contributed by atoms with Crippen LogP contribution in [0.2, 0.25) is 5.02 Å². The van der Waals surface area contributed by atoms with E-state index in [1.807, 2.05) is 26.8 Å². The number of aliphatic imine (C=N–C) groups is 1. The molecule has 0 aliphatic carbocycles. The Kier molecular flexibility index (Phi) is 14.2. The van der Waals surface area contributed by atoms with Crippen LogP contribution in [0, 0.1) is 19.3 Å². The van der Waals surface area contributed by atoms with Gasteiger partial charge in [-0.25, -0.2) is 0 Å². The summed E-state index contributed by atoms with van der Waals surface area (Å²) in [7, 11) is 0. The molecule has 148 valence electrons. The summed E-state index contributed by atoms with van der Waals surface area (Å²) in [6, 6.07) is 3.69. The van der Waals surface area contributed by atoms with E-state index in [9.17, 15) is 9.90 Å². The van der Waals surface area contributed by atoms with Gasteiger partial charge in [-0.05, 0) is 56.0 Å². The minimum atomic E-state index is -0.891. The van der Waals surface area contributed by atoms with Crippen molar-refractivity contribution in [3.05, 3.63) is 35.2 Å². The van der Waals surface area contributed by atoms with Gasteiger partial charge in [-0.15, -0.1) is 6.42 Å². The second-order valence-electron chi connectivity index (χ2n) is 8.41. The van der Waals surface area contributed by atoms with E-state index >= 15 is 0 Å². The van der Waals surface area contributed by atoms with Gasteiger partial charge in [0.25, 0.3) is 0 Å². The van der Waals surface area contributed by atoms with Gasteiger partial charge < -0.3 is 12.0 Å². The molecule has 1 aromatic rings. The topological polar surface area (TPSA) is 49.7 Å². The standard InChI is InChI=1S/C14H19ClNO.C8H16O.K/c1-6-10(3)16-13-9(2)7-11(8-12(13)15)14(4,5)17;1-5-7(9)6-8(2,3)4;/h7-8,17H,1,6H2,2-5H3;5-6H2,1-4H3;/q-1;;+1. The van der Waals surface area contributed by atoms with Gasteiger partial charge >= 0.3 is 51.4 Å². The molecule has 0 amide bonds. The molecule has 1 rings (SSSR count). The van der Waals surface area contributed by atoms with Crippen molar-refractivity contribution >= 4 is 28.8 Å². The molecule has 0 aliphatic rings. The number of carbonyl (C=O) groups is 1. The van der Waals surface area contributed by atoms with Crippen LogP contribution in [-0.2, 0) is 10.4 Å². The average molecular weight is 420 g/mol. The maximum Gasteiger partial charge on any atom is 1.00 e. The van der Waals surface area contributed by atoms with E-state index in [1.54, 1.807) is 19.9 Å². The third-order valence-corrected chi connectivity index (χ3v) is 4.03. The zero-order valence-corrected chi connectivity index (χ0v) is 22.5. The summed E-state index contributed by atoms with van der Waals surface area (Å²) in [5.74, 6) is 0.363. The summed E-state index contributed by atoms with van der Waals surface area (Å²) in [4.78, 5) is 15.3. The van der Waals surface area contributed by atoms with Gasteiger partial charge in [-0.3, -0.25) is 9.79 Å². The summed E-state index contributed by atoms with van der Waals surface area (Å²) in [5, 5.41) is 10.5. The van der Waals surface area contributed by atoms with Crippen molar-refractivity contribution in [2.24, 2.45) is 10.4 Å². The number of aliphatic hydroxyl groups is 1. The van der Waals surface area contributed by atoms with Crippen molar-refractivity contribution in [3.8, 4) is 0 Å². The van der Waals surface area contributed by atoms with Gasteiger partial charge in [0, 0.05) is 12.8 Å². The van der Waals surface area contributed by atoms with Gasteiger partial charge in [0.05, 0.1) is 16.3 Å². The van der Waals surface area contributed by atoms with Crippen molar-refractivity contribution in [2.75, 3.05) is 0 Å². The summed E-state index contributed by atoms with van der Waals surface area (Å²) in [5.41, 5.74) is 2.74. The number of halogens is 1. The van der Waals surface area contributed by atoms with Crippen LogP contribution >= 0.6 is 11.6 Å². The largest absolute Gasteiger partial charge is 1.00 e. The smallest absolute Gasteiger partial charge is 0.386 e. The van der Waals surface area contributed by atoms with E-state index in [-0.39, 0.29) is 56.8 Å². The molecule has 0 bridgehead atoms. The Labute approximate surface area is 213 Å². The van der Waals surface area contributed by atoms with Crippen LogP contribution in [0.5, 0.6) is 0 Å². The maximum absolute atomic E-state index is 10.8. The van der Waals surface area contributed by atoms with Crippen LogP contribution in [0.1, 0.15) is 78.9 Å². The number of hydrogen-bond acceptors (Lipinski definition) is 3. The van der Waals surface area contributed by atoms with Gasteiger partial charge in [0.15, 0.2) is 0 Å². The van der Waals surface area contributed by atoms with E-state index in [0.717, 1.165) is 22.5 Å². The summed E-state index contributed by atoms with van der Waals surface area (Å²) >= 11 is 6.20. The van der Waals surface area contributed by atoms with E-state index in [1.165, 1.54) is 0 Å². The Bertz CT molecular complexity index is 618. The molecule has 0 heterocycles. The van der Waals surface area contributed by atoms with Gasteiger partial charge in [0.1, 0.15) is 5.78 Å². The van der Waals surface area contributed by atoms with Crippen molar-refractivity contribution in [1.82, 2.24) is 0 Å². The van der Waals surface area contributed by atoms with Gasteiger partial charge in [0.2, 0.25) is 0 Å². The first-order valence-electron chi connectivity index (χ1n) is 9.09. The van der Waals surface area contributed by atoms with Gasteiger partial charge in [-0.2, -0.15) is 0 Å². The fraction of sp³-hybridized carbons (Fsp3) is 0.591. The molecule has 0 saturated carbocycles. The maximum atomic E-state index is 10.8. The molecule has 0 atom stereocenters. The Hall–Kier alpha value is 0.446. The predicted molar refractivity (Wildman–Crippen MR) is 114 cm³/mol. The summed E-state index contributed by atoms with van der Waals surface area (Å²) < 4.78 is 0. The first-order chi connectivity index (χ1) is 11.7. The number of ketones is 1. The van der Waals surface area contributed by atoms with Crippen LogP contribution in [-0.4, -0.2) is 16.6 Å². The fourth-order valence-electron chi connectivity index (χ4n) is 2.19. The molecule has 0 fully saturated rings. The molecule has 3 nitrogen and oxygen atoms in total. The van der Waals surface area contributed by atoms with Crippen LogP contribution < -0.4 is 51.4 Å². The zero-order valence-electron chi connectivity index (χ0n) is 18.7. The molecule has 0 radical (unpaired) electrons. The molecular formula is C22H35ClKNO2. The van der Waals surface area contributed by atoms with E-state index in [4.69, 9.17) is 11.6 Å². The third kappa shape index (κ3) is 12.6. The van der Waals surface area contributed by atoms with Crippen LogP contribution in [0.4, 0.5) is 5.69 Å². The van der Waals surface area contributed by atoms with Crippen LogP contribution in [0.15, 0.2) is 17.1 Å². The number of Topliss-reactive ketones (excluding diaryl/α,β-unsaturated/α-hetero) is 1. The van der Waals surface area contributed by atoms with E-state index in [2.05, 4.69) is 32.7 Å². The van der Waals surface area contributed by atoms with E-state index in [0.29, 0.717) is 30.1 Å². The predicted octanol–water partition coefficient (Wildman–Crippen LogP) is 3.60. The minimum absolute atomic E-state index is 0. The normalized spacial score (nSPS) is 12.0. The number of hydrogen-bond donors (Lipinski definition) is 1. The number of benzene rings is 1. The number of nitrogens with zero attached hydrogens (tertiary/aromatic N) is 1. The van der Waals surface area contributed by atoms with Crippen molar-refractivity contribution in [3.63, 3.8) is 0 Å².